The van der Waals surface area contributed by atoms with Gasteiger partial charge in [-0.1, -0.05) is 6.07 Å². The molecule has 20 heavy (non-hydrogen) atoms. The first-order chi connectivity index (χ1) is 9.78. The number of rotatable bonds is 5. The second-order valence-corrected chi connectivity index (χ2v) is 6.01. The van der Waals surface area contributed by atoms with E-state index in [0.717, 1.165) is 38.0 Å². The summed E-state index contributed by atoms with van der Waals surface area (Å²) in [4.78, 5) is 11.6. The number of nitrogens with one attached hydrogen (secondary N) is 1. The van der Waals surface area contributed by atoms with Crippen molar-refractivity contribution in [3.8, 4) is 5.75 Å². The van der Waals surface area contributed by atoms with Crippen LogP contribution in [0.15, 0.2) is 18.2 Å². The normalized spacial score (nSPS) is 21.1. The summed E-state index contributed by atoms with van der Waals surface area (Å²) in [6.07, 6.45) is 6.84. The van der Waals surface area contributed by atoms with Gasteiger partial charge in [0, 0.05) is 12.5 Å². The lowest BCUT2D eigenvalue weighted by molar-refractivity contribution is -0.122. The third kappa shape index (κ3) is 2.97. The molecule has 0 radical (unpaired) electrons. The maximum absolute atomic E-state index is 11.6. The molecule has 1 atom stereocenters. The second-order valence-electron chi connectivity index (χ2n) is 6.01. The van der Waals surface area contributed by atoms with Crippen molar-refractivity contribution in [3.05, 3.63) is 29.3 Å². The number of ether oxygens (including phenoxy) is 1. The van der Waals surface area contributed by atoms with Gasteiger partial charge in [0.1, 0.15) is 5.75 Å². The zero-order valence-corrected chi connectivity index (χ0v) is 12.2. The van der Waals surface area contributed by atoms with Gasteiger partial charge in [-0.05, 0) is 67.7 Å². The van der Waals surface area contributed by atoms with Crippen molar-refractivity contribution < 1.29 is 9.53 Å². The molecule has 1 fully saturated rings. The Morgan fingerprint density at radius 1 is 1.35 bits per heavy atom. The SMILES string of the molecule is COc1ccc2c(c1)CCCC2CCNC(=O)C1CC1. The molecule has 3 heteroatoms. The molecular weight excluding hydrogens is 250 g/mol. The fourth-order valence-corrected chi connectivity index (χ4v) is 3.18. The molecule has 0 heterocycles. The van der Waals surface area contributed by atoms with Gasteiger partial charge in [0.05, 0.1) is 7.11 Å². The number of methoxy groups -OCH3 is 1. The molecule has 3 nitrogen and oxygen atoms in total. The Bertz CT molecular complexity index is 494. The maximum atomic E-state index is 11.6. The Balaban J connectivity index is 1.59. The van der Waals surface area contributed by atoms with Crippen LogP contribution in [0.4, 0.5) is 0 Å². The number of benzene rings is 1. The van der Waals surface area contributed by atoms with Crippen LogP contribution in [-0.4, -0.2) is 19.6 Å². The average Bonchev–Trinajstić information content (AvgIpc) is 3.31. The highest BCUT2D eigenvalue weighted by atomic mass is 16.5. The number of carbonyl (C=O) groups is 1. The number of amides is 1. The quantitative estimate of drug-likeness (QED) is 0.895. The molecule has 0 aliphatic heterocycles. The topological polar surface area (TPSA) is 38.3 Å². The number of hydrogen-bond acceptors (Lipinski definition) is 2. The summed E-state index contributed by atoms with van der Waals surface area (Å²) < 4.78 is 5.30. The molecule has 1 unspecified atom stereocenters. The van der Waals surface area contributed by atoms with Crippen LogP contribution in [0.5, 0.6) is 5.75 Å². The van der Waals surface area contributed by atoms with Gasteiger partial charge >= 0.3 is 0 Å². The van der Waals surface area contributed by atoms with Gasteiger partial charge in [0.2, 0.25) is 5.91 Å². The predicted molar refractivity (Wildman–Crippen MR) is 79.0 cm³/mol. The number of hydrogen-bond donors (Lipinski definition) is 1. The minimum absolute atomic E-state index is 0.260. The number of fused-ring (bicyclic) bond motifs is 1. The van der Waals surface area contributed by atoms with Crippen molar-refractivity contribution in [1.82, 2.24) is 5.32 Å². The van der Waals surface area contributed by atoms with E-state index in [9.17, 15) is 4.79 Å². The monoisotopic (exact) mass is 273 g/mol. The maximum Gasteiger partial charge on any atom is 0.223 e. The van der Waals surface area contributed by atoms with E-state index in [1.807, 2.05) is 0 Å². The highest BCUT2D eigenvalue weighted by Crippen LogP contribution is 2.35. The lowest BCUT2D eigenvalue weighted by Crippen LogP contribution is -2.27. The molecule has 0 saturated heterocycles. The summed E-state index contributed by atoms with van der Waals surface area (Å²) >= 11 is 0. The zero-order valence-electron chi connectivity index (χ0n) is 12.2. The van der Waals surface area contributed by atoms with Gasteiger partial charge in [-0.25, -0.2) is 0 Å². The first-order valence-electron chi connectivity index (χ1n) is 7.72. The molecule has 2 aliphatic carbocycles. The molecule has 2 aliphatic rings. The molecule has 1 N–H and O–H groups in total. The highest BCUT2D eigenvalue weighted by Gasteiger charge is 2.29. The van der Waals surface area contributed by atoms with E-state index < -0.39 is 0 Å². The van der Waals surface area contributed by atoms with Crippen molar-refractivity contribution in [1.29, 1.82) is 0 Å². The fraction of sp³-hybridized carbons (Fsp3) is 0.588. The van der Waals surface area contributed by atoms with Crippen LogP contribution in [0, 0.1) is 5.92 Å². The van der Waals surface area contributed by atoms with Crippen LogP contribution in [-0.2, 0) is 11.2 Å². The van der Waals surface area contributed by atoms with Gasteiger partial charge in [-0.3, -0.25) is 4.79 Å². The Hall–Kier alpha value is -1.51. The summed E-state index contributed by atoms with van der Waals surface area (Å²) in [5.74, 6) is 2.12. The van der Waals surface area contributed by atoms with Gasteiger partial charge in [-0.2, -0.15) is 0 Å². The highest BCUT2D eigenvalue weighted by molar-refractivity contribution is 5.80. The van der Waals surface area contributed by atoms with Crippen molar-refractivity contribution in [2.75, 3.05) is 13.7 Å². The van der Waals surface area contributed by atoms with E-state index in [4.69, 9.17) is 4.74 Å². The van der Waals surface area contributed by atoms with Crippen molar-refractivity contribution in [2.45, 2.75) is 44.4 Å². The van der Waals surface area contributed by atoms with Crippen LogP contribution >= 0.6 is 0 Å². The van der Waals surface area contributed by atoms with E-state index in [2.05, 4.69) is 23.5 Å². The number of aryl methyl sites for hydroxylation is 1. The largest absolute Gasteiger partial charge is 0.497 e. The van der Waals surface area contributed by atoms with E-state index in [1.165, 1.54) is 24.0 Å². The first-order valence-corrected chi connectivity index (χ1v) is 7.72. The summed E-state index contributed by atoms with van der Waals surface area (Å²) in [6, 6.07) is 6.44. The van der Waals surface area contributed by atoms with Gasteiger partial charge in [-0.15, -0.1) is 0 Å². The summed E-state index contributed by atoms with van der Waals surface area (Å²) in [6.45, 7) is 0.811. The van der Waals surface area contributed by atoms with E-state index in [0.29, 0.717) is 11.8 Å². The lowest BCUT2D eigenvalue weighted by Gasteiger charge is -2.26. The fourth-order valence-electron chi connectivity index (χ4n) is 3.18. The third-order valence-electron chi connectivity index (χ3n) is 4.53. The lowest BCUT2D eigenvalue weighted by atomic mass is 9.81. The van der Waals surface area contributed by atoms with E-state index in [1.54, 1.807) is 7.11 Å². The molecule has 0 aromatic heterocycles. The smallest absolute Gasteiger partial charge is 0.223 e. The van der Waals surface area contributed by atoms with E-state index in [-0.39, 0.29) is 5.91 Å². The van der Waals surface area contributed by atoms with Crippen LogP contribution in [0.1, 0.15) is 49.1 Å². The molecule has 0 spiro atoms. The molecule has 1 aromatic rings. The zero-order chi connectivity index (χ0) is 13.9. The van der Waals surface area contributed by atoms with Crippen LogP contribution in [0.3, 0.4) is 0 Å². The molecule has 0 bridgehead atoms. The molecule has 108 valence electrons. The number of carbonyl (C=O) groups excluding carboxylic acids is 1. The van der Waals surface area contributed by atoms with Crippen LogP contribution in [0.25, 0.3) is 0 Å². The Morgan fingerprint density at radius 3 is 2.95 bits per heavy atom. The van der Waals surface area contributed by atoms with Gasteiger partial charge < -0.3 is 10.1 Å². The first kappa shape index (κ1) is 13.5. The second kappa shape index (κ2) is 5.86. The third-order valence-corrected chi connectivity index (χ3v) is 4.53. The molecular formula is C17H23NO2. The summed E-state index contributed by atoms with van der Waals surface area (Å²) in [7, 11) is 1.72. The molecule has 1 saturated carbocycles. The summed E-state index contributed by atoms with van der Waals surface area (Å²) in [5.41, 5.74) is 2.88. The summed E-state index contributed by atoms with van der Waals surface area (Å²) in [5, 5.41) is 3.08. The average molecular weight is 273 g/mol. The Labute approximate surface area is 120 Å². The Kier molecular flexibility index (Phi) is 3.95. The predicted octanol–water partition coefficient (Wildman–Crippen LogP) is 3.03. The van der Waals surface area contributed by atoms with Gasteiger partial charge in [0.15, 0.2) is 0 Å². The molecule has 3 rings (SSSR count). The molecule has 1 aromatic carbocycles. The van der Waals surface area contributed by atoms with Gasteiger partial charge in [0.25, 0.3) is 0 Å². The van der Waals surface area contributed by atoms with Crippen molar-refractivity contribution >= 4 is 5.91 Å². The minimum atomic E-state index is 0.260. The van der Waals surface area contributed by atoms with Crippen molar-refractivity contribution in [2.24, 2.45) is 5.92 Å². The van der Waals surface area contributed by atoms with Crippen LogP contribution < -0.4 is 10.1 Å². The minimum Gasteiger partial charge on any atom is -0.497 e. The standard InChI is InChI=1S/C17H23NO2/c1-20-15-7-8-16-12(3-2-4-14(16)11-15)9-10-18-17(19)13-5-6-13/h7-8,11-13H,2-6,9-10H2,1H3,(H,18,19). The van der Waals surface area contributed by atoms with Crippen LogP contribution in [0.2, 0.25) is 0 Å². The Morgan fingerprint density at radius 2 is 2.20 bits per heavy atom. The van der Waals surface area contributed by atoms with E-state index >= 15 is 0 Å². The molecule has 1 amide bonds. The van der Waals surface area contributed by atoms with Crippen molar-refractivity contribution in [3.63, 3.8) is 0 Å².